The van der Waals surface area contributed by atoms with Crippen LogP contribution in [0.4, 0.5) is 0 Å². The monoisotopic (exact) mass is 606 g/mol. The molecule has 0 amide bonds. The summed E-state index contributed by atoms with van der Waals surface area (Å²) < 4.78 is 3.03. The van der Waals surface area contributed by atoms with Crippen LogP contribution in [0.5, 0.6) is 0 Å². The molecule has 0 fully saturated rings. The maximum absolute atomic E-state index is 10.0. The highest BCUT2D eigenvalue weighted by Gasteiger charge is 2.19. The Labute approximate surface area is 184 Å². The van der Waals surface area contributed by atoms with E-state index in [9.17, 15) is 5.11 Å². The molecule has 0 saturated carbocycles. The van der Waals surface area contributed by atoms with Gasteiger partial charge in [0.2, 0.25) is 0 Å². The summed E-state index contributed by atoms with van der Waals surface area (Å²) in [6.45, 7) is 6.30. The van der Waals surface area contributed by atoms with E-state index in [1.165, 1.54) is 0 Å². The highest BCUT2D eigenvalue weighted by Crippen LogP contribution is 2.33. The van der Waals surface area contributed by atoms with Crippen molar-refractivity contribution in [1.82, 2.24) is 0 Å². The summed E-state index contributed by atoms with van der Waals surface area (Å²) in [5.74, 6) is 0. The van der Waals surface area contributed by atoms with Crippen LogP contribution in [0.15, 0.2) is 45.3 Å². The van der Waals surface area contributed by atoms with E-state index in [1.54, 1.807) is 0 Å². The van der Waals surface area contributed by atoms with Gasteiger partial charge in [0.25, 0.3) is 0 Å². The van der Waals surface area contributed by atoms with Crippen molar-refractivity contribution in [3.63, 3.8) is 0 Å². The van der Waals surface area contributed by atoms with Crippen LogP contribution in [0.3, 0.4) is 0 Å². The van der Waals surface area contributed by atoms with Gasteiger partial charge in [0.15, 0.2) is 0 Å². The molecule has 0 spiro atoms. The molecule has 6 heteroatoms. The summed E-state index contributed by atoms with van der Waals surface area (Å²) in [6, 6.07) is 11.4. The molecule has 0 saturated heterocycles. The molecule has 1 N–H and O–H groups in total. The topological polar surface area (TPSA) is 20.2 Å². The number of aliphatic hydroxyl groups excluding tert-OH is 1. The van der Waals surface area contributed by atoms with E-state index in [0.29, 0.717) is 11.4 Å². The van der Waals surface area contributed by atoms with Crippen LogP contribution in [-0.4, -0.2) is 5.11 Å². The third-order valence-electron chi connectivity index (χ3n) is 3.01. The molecule has 0 bridgehead atoms. The zero-order chi connectivity index (χ0) is 18.5. The van der Waals surface area contributed by atoms with Crippen molar-refractivity contribution in [3.8, 4) is 0 Å². The molecule has 1 nitrogen and oxygen atoms in total. The highest BCUT2D eigenvalue weighted by molar-refractivity contribution is 14.1. The Hall–Kier alpha value is 0.670. The number of hydrogen-bond acceptors (Lipinski definition) is 1. The SMILES string of the molecule is CC(C)(C)CC(O)c1ccc(Br)cc1Cl.Clc1cc(Br)ccc1I. The highest BCUT2D eigenvalue weighted by atomic mass is 127. The number of benzene rings is 2. The Morgan fingerprint density at radius 3 is 1.92 bits per heavy atom. The molecule has 1 atom stereocenters. The minimum atomic E-state index is -0.495. The van der Waals surface area contributed by atoms with E-state index in [2.05, 4.69) is 75.2 Å². The summed E-state index contributed by atoms with van der Waals surface area (Å²) >= 11 is 20.7. The van der Waals surface area contributed by atoms with Gasteiger partial charge in [-0.3, -0.25) is 0 Å². The van der Waals surface area contributed by atoms with Crippen LogP contribution in [-0.2, 0) is 0 Å². The van der Waals surface area contributed by atoms with Gasteiger partial charge in [-0.2, -0.15) is 0 Å². The molecule has 1 unspecified atom stereocenters. The maximum Gasteiger partial charge on any atom is 0.0809 e. The van der Waals surface area contributed by atoms with Crippen LogP contribution in [0.25, 0.3) is 0 Å². The van der Waals surface area contributed by atoms with Crippen molar-refractivity contribution in [2.75, 3.05) is 0 Å². The van der Waals surface area contributed by atoms with Gasteiger partial charge in [-0.05, 0) is 70.3 Å². The molecule has 24 heavy (non-hydrogen) atoms. The van der Waals surface area contributed by atoms with Gasteiger partial charge >= 0.3 is 0 Å². The molecule has 2 aromatic carbocycles. The molecule has 2 aromatic rings. The Balaban J connectivity index is 0.000000272. The molecular formula is C18H19Br2Cl2IO. The number of rotatable bonds is 2. The summed E-state index contributed by atoms with van der Waals surface area (Å²) in [4.78, 5) is 0. The third-order valence-corrected chi connectivity index (χ3v) is 5.89. The van der Waals surface area contributed by atoms with Gasteiger partial charge in [-0.25, -0.2) is 0 Å². The fourth-order valence-electron chi connectivity index (χ4n) is 1.93. The second kappa shape index (κ2) is 10.1. The minimum Gasteiger partial charge on any atom is -0.388 e. The third kappa shape index (κ3) is 8.37. The first-order valence-electron chi connectivity index (χ1n) is 7.23. The molecule has 0 radical (unpaired) electrons. The van der Waals surface area contributed by atoms with E-state index in [-0.39, 0.29) is 5.41 Å². The van der Waals surface area contributed by atoms with Crippen molar-refractivity contribution in [3.05, 3.63) is 64.5 Å². The lowest BCUT2D eigenvalue weighted by Crippen LogP contribution is -2.11. The molecule has 0 aromatic heterocycles. The number of hydrogen-bond donors (Lipinski definition) is 1. The van der Waals surface area contributed by atoms with Crippen molar-refractivity contribution < 1.29 is 5.11 Å². The van der Waals surface area contributed by atoms with E-state index < -0.39 is 6.10 Å². The second-order valence-corrected chi connectivity index (χ2v) is 10.3. The largest absolute Gasteiger partial charge is 0.388 e. The molecule has 0 heterocycles. The predicted octanol–water partition coefficient (Wildman–Crippen LogP) is 8.28. The van der Waals surface area contributed by atoms with E-state index in [0.717, 1.165) is 23.1 Å². The summed E-state index contributed by atoms with van der Waals surface area (Å²) in [5, 5.41) is 11.4. The van der Waals surface area contributed by atoms with Gasteiger partial charge in [0.05, 0.1) is 11.1 Å². The normalized spacial score (nSPS) is 12.4. The lowest BCUT2D eigenvalue weighted by atomic mass is 9.87. The van der Waals surface area contributed by atoms with Crippen molar-refractivity contribution in [1.29, 1.82) is 0 Å². The van der Waals surface area contributed by atoms with Gasteiger partial charge in [-0.1, -0.05) is 81.9 Å². The maximum atomic E-state index is 10.0. The fraction of sp³-hybridized carbons (Fsp3) is 0.333. The van der Waals surface area contributed by atoms with Crippen molar-refractivity contribution >= 4 is 77.7 Å². The fourth-order valence-corrected chi connectivity index (χ4v) is 3.74. The van der Waals surface area contributed by atoms with E-state index >= 15 is 0 Å². The second-order valence-electron chi connectivity index (χ2n) is 6.50. The Kier molecular flexibility index (Phi) is 9.58. The minimum absolute atomic E-state index is 0.0931. The zero-order valence-corrected chi connectivity index (χ0v) is 20.4. The Morgan fingerprint density at radius 2 is 1.50 bits per heavy atom. The predicted molar refractivity (Wildman–Crippen MR) is 120 cm³/mol. The summed E-state index contributed by atoms with van der Waals surface area (Å²) in [5.41, 5.74) is 0.894. The van der Waals surface area contributed by atoms with Crippen LogP contribution < -0.4 is 0 Å². The van der Waals surface area contributed by atoms with Gasteiger partial charge < -0.3 is 5.11 Å². The molecule has 2 rings (SSSR count). The first-order valence-corrected chi connectivity index (χ1v) is 10.7. The molecule has 132 valence electrons. The summed E-state index contributed by atoms with van der Waals surface area (Å²) in [7, 11) is 0. The smallest absolute Gasteiger partial charge is 0.0809 e. The van der Waals surface area contributed by atoms with Gasteiger partial charge in [0.1, 0.15) is 0 Å². The first-order chi connectivity index (χ1) is 11.0. The molecule has 0 aliphatic carbocycles. The Morgan fingerprint density at radius 1 is 1.00 bits per heavy atom. The van der Waals surface area contributed by atoms with Gasteiger partial charge in [-0.15, -0.1) is 0 Å². The van der Waals surface area contributed by atoms with Crippen LogP contribution in [0, 0.1) is 8.99 Å². The average Bonchev–Trinajstić information content (AvgIpc) is 2.42. The standard InChI is InChI=1S/C12H16BrClO.C6H3BrClI/c1-12(2,3)7-11(15)9-5-4-8(13)6-10(9)14;7-4-1-2-6(9)5(8)3-4/h4-6,11,15H,7H2,1-3H3;1-3H. The van der Waals surface area contributed by atoms with Crippen molar-refractivity contribution in [2.45, 2.75) is 33.3 Å². The molecular weight excluding hydrogens is 590 g/mol. The van der Waals surface area contributed by atoms with Crippen LogP contribution >= 0.6 is 77.7 Å². The van der Waals surface area contributed by atoms with E-state index in [1.807, 2.05) is 36.4 Å². The van der Waals surface area contributed by atoms with Crippen LogP contribution in [0.2, 0.25) is 10.0 Å². The van der Waals surface area contributed by atoms with Crippen LogP contribution in [0.1, 0.15) is 38.9 Å². The molecule has 0 aliphatic heterocycles. The Bertz CT molecular complexity index is 687. The summed E-state index contributed by atoms with van der Waals surface area (Å²) in [6.07, 6.45) is 0.208. The van der Waals surface area contributed by atoms with Crippen molar-refractivity contribution in [2.24, 2.45) is 5.41 Å². The van der Waals surface area contributed by atoms with E-state index in [4.69, 9.17) is 23.2 Å². The number of halogens is 5. The lowest BCUT2D eigenvalue weighted by Gasteiger charge is -2.23. The van der Waals surface area contributed by atoms with Gasteiger partial charge in [0, 0.05) is 17.5 Å². The zero-order valence-electron chi connectivity index (χ0n) is 13.6. The lowest BCUT2D eigenvalue weighted by molar-refractivity contribution is 0.122. The quantitative estimate of drug-likeness (QED) is 0.269. The average molecular weight is 609 g/mol. The first kappa shape index (κ1) is 22.7. The molecule has 0 aliphatic rings. The number of aliphatic hydroxyl groups is 1.